The molecule has 8 heteroatoms. The number of benzene rings is 1. The van der Waals surface area contributed by atoms with Gasteiger partial charge in [0.1, 0.15) is 23.7 Å². The molecule has 1 aromatic carbocycles. The Labute approximate surface area is 157 Å². The first-order chi connectivity index (χ1) is 13.0. The van der Waals surface area contributed by atoms with Gasteiger partial charge in [0.15, 0.2) is 0 Å². The predicted molar refractivity (Wildman–Crippen MR) is 98.9 cm³/mol. The molecule has 3 rings (SSSR count). The van der Waals surface area contributed by atoms with Crippen molar-refractivity contribution in [3.8, 4) is 0 Å². The van der Waals surface area contributed by atoms with Gasteiger partial charge in [-0.05, 0) is 18.1 Å². The third kappa shape index (κ3) is 4.78. The van der Waals surface area contributed by atoms with Crippen LogP contribution in [0.15, 0.2) is 36.7 Å². The molecule has 0 unspecified atom stereocenters. The molecule has 0 bridgehead atoms. The zero-order valence-corrected chi connectivity index (χ0v) is 15.2. The molecule has 142 valence electrons. The van der Waals surface area contributed by atoms with Gasteiger partial charge in [-0.25, -0.2) is 14.4 Å². The number of halogens is 1. The summed E-state index contributed by atoms with van der Waals surface area (Å²) >= 11 is 0. The second-order valence-electron chi connectivity index (χ2n) is 6.35. The van der Waals surface area contributed by atoms with E-state index in [1.807, 2.05) is 4.90 Å². The summed E-state index contributed by atoms with van der Waals surface area (Å²) in [5.41, 5.74) is 0.826. The predicted octanol–water partition coefficient (Wildman–Crippen LogP) is 1.26. The van der Waals surface area contributed by atoms with Crippen LogP contribution in [0.4, 0.5) is 10.2 Å². The highest BCUT2D eigenvalue weighted by Gasteiger charge is 2.20. The van der Waals surface area contributed by atoms with Crippen molar-refractivity contribution in [1.82, 2.24) is 20.2 Å². The monoisotopic (exact) mass is 371 g/mol. The molecule has 1 fully saturated rings. The van der Waals surface area contributed by atoms with Gasteiger partial charge in [-0.15, -0.1) is 0 Å². The Morgan fingerprint density at radius 2 is 1.89 bits per heavy atom. The van der Waals surface area contributed by atoms with Crippen LogP contribution in [0.5, 0.6) is 0 Å². The van der Waals surface area contributed by atoms with Gasteiger partial charge in [0.05, 0.1) is 0 Å². The van der Waals surface area contributed by atoms with E-state index in [2.05, 4.69) is 15.3 Å². The van der Waals surface area contributed by atoms with E-state index >= 15 is 0 Å². The Hall–Kier alpha value is -3.03. The highest BCUT2D eigenvalue weighted by atomic mass is 19.1. The molecule has 0 radical (unpaired) electrons. The minimum atomic E-state index is -0.322. The number of rotatable bonds is 5. The van der Waals surface area contributed by atoms with Crippen LogP contribution in [-0.4, -0.2) is 59.4 Å². The van der Waals surface area contributed by atoms with Crippen molar-refractivity contribution < 1.29 is 14.0 Å². The number of carbonyl (C=O) groups excluding carboxylic acids is 2. The fraction of sp³-hybridized carbons (Fsp3) is 0.368. The number of anilines is 1. The molecule has 7 nitrogen and oxygen atoms in total. The Bertz CT molecular complexity index is 821. The van der Waals surface area contributed by atoms with Gasteiger partial charge in [0, 0.05) is 45.7 Å². The normalized spacial score (nSPS) is 14.1. The minimum absolute atomic E-state index is 0.0623. The Morgan fingerprint density at radius 1 is 1.15 bits per heavy atom. The average molecular weight is 371 g/mol. The van der Waals surface area contributed by atoms with Gasteiger partial charge >= 0.3 is 0 Å². The van der Waals surface area contributed by atoms with Gasteiger partial charge in [-0.3, -0.25) is 9.59 Å². The third-order valence-electron chi connectivity index (χ3n) is 4.57. The zero-order valence-electron chi connectivity index (χ0n) is 15.2. The summed E-state index contributed by atoms with van der Waals surface area (Å²) in [6.07, 6.45) is 1.77. The first-order valence-corrected chi connectivity index (χ1v) is 8.88. The van der Waals surface area contributed by atoms with E-state index in [0.717, 1.165) is 0 Å². The van der Waals surface area contributed by atoms with Gasteiger partial charge in [0.2, 0.25) is 5.91 Å². The molecular formula is C19H22FN5O2. The number of hydrogen-bond acceptors (Lipinski definition) is 5. The lowest BCUT2D eigenvalue weighted by atomic mass is 10.1. The van der Waals surface area contributed by atoms with E-state index in [0.29, 0.717) is 50.5 Å². The lowest BCUT2D eigenvalue weighted by Gasteiger charge is -2.34. The number of hydrogen-bond donors (Lipinski definition) is 1. The summed E-state index contributed by atoms with van der Waals surface area (Å²) in [7, 11) is 0. The van der Waals surface area contributed by atoms with Gasteiger partial charge in [0.25, 0.3) is 5.91 Å². The molecular weight excluding hydrogens is 349 g/mol. The maximum absolute atomic E-state index is 13.6. The number of piperazine rings is 1. The smallest absolute Gasteiger partial charge is 0.270 e. The zero-order chi connectivity index (χ0) is 19.2. The third-order valence-corrected chi connectivity index (χ3v) is 4.57. The summed E-state index contributed by atoms with van der Waals surface area (Å²) in [5.74, 6) is 0.123. The molecule has 1 aliphatic rings. The van der Waals surface area contributed by atoms with Crippen LogP contribution in [0.1, 0.15) is 23.0 Å². The van der Waals surface area contributed by atoms with Gasteiger partial charge in [-0.1, -0.05) is 18.2 Å². The molecule has 2 amide bonds. The lowest BCUT2D eigenvalue weighted by Crippen LogP contribution is -2.48. The SMILES string of the molecule is CC(=O)N1CCN(c2cc(C(=O)NCCc3ccccc3F)ncn2)CC1. The minimum Gasteiger partial charge on any atom is -0.353 e. The Morgan fingerprint density at radius 3 is 2.59 bits per heavy atom. The first-order valence-electron chi connectivity index (χ1n) is 8.88. The molecule has 2 aromatic rings. The molecule has 2 heterocycles. The fourth-order valence-corrected chi connectivity index (χ4v) is 3.00. The Kier molecular flexibility index (Phi) is 5.95. The summed E-state index contributed by atoms with van der Waals surface area (Å²) in [5, 5.41) is 2.76. The first kappa shape index (κ1) is 18.8. The maximum atomic E-state index is 13.6. The van der Waals surface area contributed by atoms with E-state index in [4.69, 9.17) is 0 Å². The van der Waals surface area contributed by atoms with Gasteiger partial charge in [-0.2, -0.15) is 0 Å². The van der Waals surface area contributed by atoms with Crippen LogP contribution >= 0.6 is 0 Å². The van der Waals surface area contributed by atoms with Crippen molar-refractivity contribution in [2.75, 3.05) is 37.6 Å². The number of carbonyl (C=O) groups is 2. The van der Waals surface area contributed by atoms with E-state index in [9.17, 15) is 14.0 Å². The molecule has 0 atom stereocenters. The van der Waals surface area contributed by atoms with E-state index in [-0.39, 0.29) is 23.3 Å². The van der Waals surface area contributed by atoms with Crippen LogP contribution in [0.3, 0.4) is 0 Å². The van der Waals surface area contributed by atoms with Crippen molar-refractivity contribution >= 4 is 17.6 Å². The maximum Gasteiger partial charge on any atom is 0.270 e. The van der Waals surface area contributed by atoms with Crippen molar-refractivity contribution in [3.63, 3.8) is 0 Å². The topological polar surface area (TPSA) is 78.4 Å². The molecule has 0 aliphatic carbocycles. The number of aromatic nitrogens is 2. The highest BCUT2D eigenvalue weighted by Crippen LogP contribution is 2.14. The standard InChI is InChI=1S/C19H22FN5O2/c1-14(26)24-8-10-25(11-9-24)18-12-17(22-13-23-18)19(27)21-7-6-15-4-2-3-5-16(15)20/h2-5,12-13H,6-11H2,1H3,(H,21,27). The summed E-state index contributed by atoms with van der Waals surface area (Å²) in [4.78, 5) is 35.8. The van der Waals surface area contributed by atoms with Crippen molar-refractivity contribution in [1.29, 1.82) is 0 Å². The lowest BCUT2D eigenvalue weighted by molar-refractivity contribution is -0.129. The van der Waals surface area contributed by atoms with E-state index < -0.39 is 0 Å². The van der Waals surface area contributed by atoms with E-state index in [1.165, 1.54) is 12.4 Å². The Balaban J connectivity index is 1.56. The quantitative estimate of drug-likeness (QED) is 0.856. The van der Waals surface area contributed by atoms with Crippen molar-refractivity contribution in [2.24, 2.45) is 0 Å². The van der Waals surface area contributed by atoms with Crippen LogP contribution in [0, 0.1) is 5.82 Å². The second-order valence-corrected chi connectivity index (χ2v) is 6.35. The van der Waals surface area contributed by atoms with Crippen LogP contribution < -0.4 is 10.2 Å². The summed E-state index contributed by atoms with van der Waals surface area (Å²) in [6.45, 7) is 4.45. The molecule has 0 spiro atoms. The van der Waals surface area contributed by atoms with Crippen LogP contribution in [0.25, 0.3) is 0 Å². The van der Waals surface area contributed by atoms with Crippen molar-refractivity contribution in [2.45, 2.75) is 13.3 Å². The molecule has 1 aromatic heterocycles. The largest absolute Gasteiger partial charge is 0.353 e. The molecule has 1 aliphatic heterocycles. The van der Waals surface area contributed by atoms with Crippen LogP contribution in [-0.2, 0) is 11.2 Å². The molecule has 27 heavy (non-hydrogen) atoms. The summed E-state index contributed by atoms with van der Waals surface area (Å²) in [6, 6.07) is 8.14. The number of amides is 2. The second kappa shape index (κ2) is 8.57. The van der Waals surface area contributed by atoms with E-state index in [1.54, 1.807) is 36.1 Å². The van der Waals surface area contributed by atoms with Crippen LogP contribution in [0.2, 0.25) is 0 Å². The highest BCUT2D eigenvalue weighted by molar-refractivity contribution is 5.92. The van der Waals surface area contributed by atoms with Crippen molar-refractivity contribution in [3.05, 3.63) is 53.7 Å². The average Bonchev–Trinajstić information content (AvgIpc) is 2.69. The summed E-state index contributed by atoms with van der Waals surface area (Å²) < 4.78 is 13.6. The molecule has 0 saturated carbocycles. The molecule has 1 saturated heterocycles. The number of nitrogens with zero attached hydrogens (tertiary/aromatic N) is 4. The van der Waals surface area contributed by atoms with Gasteiger partial charge < -0.3 is 15.1 Å². The number of nitrogens with one attached hydrogen (secondary N) is 1. The molecule has 1 N–H and O–H groups in total. The fourth-order valence-electron chi connectivity index (χ4n) is 3.00.